The monoisotopic (exact) mass is 461 g/mol. The molecular formula is C22H24NO8P. The first-order valence-corrected chi connectivity index (χ1v) is 11.6. The topological polar surface area (TPSA) is 108 Å². The van der Waals surface area contributed by atoms with E-state index in [4.69, 9.17) is 18.4 Å². The van der Waals surface area contributed by atoms with Gasteiger partial charge in [-0.15, -0.1) is 5.06 Å². The number of hydroxylamine groups is 2. The number of carbonyl (C=O) groups excluding carboxylic acids is 3. The molecule has 1 aliphatic heterocycles. The van der Waals surface area contributed by atoms with Gasteiger partial charge >= 0.3 is 13.8 Å². The summed E-state index contributed by atoms with van der Waals surface area (Å²) in [5, 5.41) is 0.486. The van der Waals surface area contributed by atoms with E-state index in [1.807, 2.05) is 60.7 Å². The molecular weight excluding hydrogens is 437 g/mol. The van der Waals surface area contributed by atoms with E-state index in [0.717, 1.165) is 11.1 Å². The minimum Gasteiger partial charge on any atom is -0.330 e. The van der Waals surface area contributed by atoms with Gasteiger partial charge in [-0.2, -0.15) is 0 Å². The van der Waals surface area contributed by atoms with Gasteiger partial charge < -0.3 is 4.84 Å². The van der Waals surface area contributed by atoms with Crippen LogP contribution in [-0.2, 0) is 50.6 Å². The van der Waals surface area contributed by atoms with Gasteiger partial charge in [0.2, 0.25) is 0 Å². The van der Waals surface area contributed by atoms with Gasteiger partial charge in [0.05, 0.1) is 26.2 Å². The van der Waals surface area contributed by atoms with Crippen molar-refractivity contribution in [3.05, 3.63) is 71.8 Å². The van der Waals surface area contributed by atoms with Crippen LogP contribution in [0.1, 0.15) is 36.8 Å². The van der Waals surface area contributed by atoms with Gasteiger partial charge in [0.1, 0.15) is 0 Å². The van der Waals surface area contributed by atoms with Crippen molar-refractivity contribution in [1.82, 2.24) is 5.06 Å². The predicted octanol–water partition coefficient (Wildman–Crippen LogP) is 3.93. The van der Waals surface area contributed by atoms with Crippen LogP contribution in [0.3, 0.4) is 0 Å². The molecule has 0 unspecified atom stereocenters. The molecule has 2 amide bonds. The molecule has 1 fully saturated rings. The molecule has 32 heavy (non-hydrogen) atoms. The molecule has 1 heterocycles. The summed E-state index contributed by atoms with van der Waals surface area (Å²) in [6.07, 6.45) is 0.0305. The summed E-state index contributed by atoms with van der Waals surface area (Å²) < 4.78 is 29.4. The summed E-state index contributed by atoms with van der Waals surface area (Å²) in [4.78, 5) is 39.7. The Morgan fingerprint density at radius 1 is 0.812 bits per heavy atom. The number of benzene rings is 2. The fourth-order valence-corrected chi connectivity index (χ4v) is 3.96. The maximum atomic E-state index is 13.1. The van der Waals surface area contributed by atoms with Crippen molar-refractivity contribution in [2.45, 2.75) is 38.9 Å². The molecule has 9 nitrogen and oxygen atoms in total. The molecule has 0 saturated carbocycles. The lowest BCUT2D eigenvalue weighted by molar-refractivity contribution is -0.197. The molecule has 1 saturated heterocycles. The lowest BCUT2D eigenvalue weighted by Gasteiger charge is -2.18. The van der Waals surface area contributed by atoms with E-state index in [9.17, 15) is 18.9 Å². The van der Waals surface area contributed by atoms with Gasteiger partial charge in [-0.25, -0.2) is 9.36 Å². The minimum atomic E-state index is -3.93. The van der Waals surface area contributed by atoms with Crippen molar-refractivity contribution >= 4 is 25.6 Å². The van der Waals surface area contributed by atoms with Crippen LogP contribution < -0.4 is 0 Å². The molecule has 10 heteroatoms. The molecule has 2 aromatic rings. The van der Waals surface area contributed by atoms with E-state index < -0.39 is 25.6 Å². The summed E-state index contributed by atoms with van der Waals surface area (Å²) in [5.74, 6) is -1.86. The number of phosphoric acid groups is 1. The van der Waals surface area contributed by atoms with E-state index in [0.29, 0.717) is 5.06 Å². The summed E-state index contributed by atoms with van der Waals surface area (Å²) in [6.45, 7) is -0.0693. The molecule has 170 valence electrons. The highest BCUT2D eigenvalue weighted by Crippen LogP contribution is 2.51. The molecule has 2 aromatic carbocycles. The summed E-state index contributed by atoms with van der Waals surface area (Å²) >= 11 is 0. The fraction of sp³-hybridized carbons (Fsp3) is 0.318. The number of hydrogen-bond acceptors (Lipinski definition) is 8. The Kier molecular flexibility index (Phi) is 8.70. The van der Waals surface area contributed by atoms with E-state index >= 15 is 0 Å². The second-order valence-corrected chi connectivity index (χ2v) is 8.62. The number of carbonyl (C=O) groups is 3. The minimum absolute atomic E-state index is 0.0220. The molecule has 0 radical (unpaired) electrons. The average molecular weight is 461 g/mol. The summed E-state index contributed by atoms with van der Waals surface area (Å²) in [6, 6.07) is 18.3. The number of imide groups is 1. The Hall–Kier alpha value is -2.84. The van der Waals surface area contributed by atoms with Crippen LogP contribution in [0.25, 0.3) is 0 Å². The number of phosphoric ester groups is 1. The Labute approximate surface area is 185 Å². The van der Waals surface area contributed by atoms with Gasteiger partial charge in [-0.05, 0) is 17.5 Å². The smallest absolute Gasteiger partial charge is 0.330 e. The van der Waals surface area contributed by atoms with Crippen molar-refractivity contribution in [3.63, 3.8) is 0 Å². The van der Waals surface area contributed by atoms with Crippen molar-refractivity contribution in [3.8, 4) is 0 Å². The predicted molar refractivity (Wildman–Crippen MR) is 112 cm³/mol. The van der Waals surface area contributed by atoms with E-state index in [1.165, 1.54) is 0 Å². The third-order valence-electron chi connectivity index (χ3n) is 4.44. The van der Waals surface area contributed by atoms with Crippen LogP contribution in [0.5, 0.6) is 0 Å². The normalized spacial score (nSPS) is 14.1. The van der Waals surface area contributed by atoms with Gasteiger partial charge in [0.15, 0.2) is 0 Å². The largest absolute Gasteiger partial charge is 0.475 e. The zero-order chi connectivity index (χ0) is 22.8. The standard InChI is InChI=1S/C22H24NO8P/c24-20-13-14-21(25)23(20)31-22(26)12-7-15-28-32(27,29-16-18-8-3-1-4-9-18)30-17-19-10-5-2-6-11-19/h1-6,8-11H,7,12-17H2. The maximum absolute atomic E-state index is 13.1. The lowest BCUT2D eigenvalue weighted by Crippen LogP contribution is -2.32. The second kappa shape index (κ2) is 11.7. The molecule has 0 aromatic heterocycles. The number of amides is 2. The fourth-order valence-electron chi connectivity index (χ4n) is 2.77. The van der Waals surface area contributed by atoms with E-state index in [2.05, 4.69) is 0 Å². The lowest BCUT2D eigenvalue weighted by atomic mass is 10.2. The zero-order valence-electron chi connectivity index (χ0n) is 17.4. The first-order valence-electron chi connectivity index (χ1n) is 10.1. The van der Waals surface area contributed by atoms with Gasteiger partial charge in [-0.3, -0.25) is 23.2 Å². The molecule has 3 rings (SSSR count). The highest BCUT2D eigenvalue weighted by atomic mass is 31.2. The highest BCUT2D eigenvalue weighted by molar-refractivity contribution is 7.48. The van der Waals surface area contributed by atoms with Crippen molar-refractivity contribution in [2.75, 3.05) is 6.61 Å². The average Bonchev–Trinajstić information content (AvgIpc) is 3.13. The molecule has 0 bridgehead atoms. The van der Waals surface area contributed by atoms with Crippen LogP contribution >= 0.6 is 7.82 Å². The zero-order valence-corrected chi connectivity index (χ0v) is 18.3. The first kappa shape index (κ1) is 23.8. The molecule has 0 atom stereocenters. The van der Waals surface area contributed by atoms with E-state index in [1.54, 1.807) is 0 Å². The number of nitrogens with zero attached hydrogens (tertiary/aromatic N) is 1. The van der Waals surface area contributed by atoms with Crippen LogP contribution in [0, 0.1) is 0 Å². The van der Waals surface area contributed by atoms with Gasteiger partial charge in [0.25, 0.3) is 11.8 Å². The summed E-state index contributed by atoms with van der Waals surface area (Å²) in [5.41, 5.74) is 1.59. The van der Waals surface area contributed by atoms with Crippen LogP contribution in [0.15, 0.2) is 60.7 Å². The molecule has 0 aliphatic carbocycles. The first-order chi connectivity index (χ1) is 15.5. The molecule has 1 aliphatic rings. The van der Waals surface area contributed by atoms with Crippen LogP contribution in [0.2, 0.25) is 0 Å². The maximum Gasteiger partial charge on any atom is 0.475 e. The number of rotatable bonds is 12. The van der Waals surface area contributed by atoms with Crippen molar-refractivity contribution < 1.29 is 37.4 Å². The molecule has 0 spiro atoms. The third kappa shape index (κ3) is 7.39. The Morgan fingerprint density at radius 3 is 1.81 bits per heavy atom. The summed E-state index contributed by atoms with van der Waals surface area (Å²) in [7, 11) is -3.93. The number of hydrogen-bond donors (Lipinski definition) is 0. The Bertz CT molecular complexity index is 903. The van der Waals surface area contributed by atoms with Gasteiger partial charge in [0, 0.05) is 12.8 Å². The van der Waals surface area contributed by atoms with Crippen LogP contribution in [-0.4, -0.2) is 29.5 Å². The van der Waals surface area contributed by atoms with Crippen molar-refractivity contribution in [1.29, 1.82) is 0 Å². The third-order valence-corrected chi connectivity index (χ3v) is 5.83. The van der Waals surface area contributed by atoms with Crippen LogP contribution in [0.4, 0.5) is 0 Å². The van der Waals surface area contributed by atoms with Crippen molar-refractivity contribution in [2.24, 2.45) is 0 Å². The molecule has 0 N–H and O–H groups in total. The SMILES string of the molecule is O=C(CCCOP(=O)(OCc1ccccc1)OCc1ccccc1)ON1C(=O)CCC1=O. The quantitative estimate of drug-likeness (QED) is 0.266. The van der Waals surface area contributed by atoms with Gasteiger partial charge in [-0.1, -0.05) is 60.7 Å². The Morgan fingerprint density at radius 2 is 1.31 bits per heavy atom. The van der Waals surface area contributed by atoms with E-state index in [-0.39, 0.29) is 45.5 Å². The Balaban J connectivity index is 1.49. The highest BCUT2D eigenvalue weighted by Gasteiger charge is 2.33. The second-order valence-electron chi connectivity index (χ2n) is 6.95.